The van der Waals surface area contributed by atoms with Crippen molar-refractivity contribution >= 4 is 5.91 Å². The second-order valence-electron chi connectivity index (χ2n) is 5.54. The summed E-state index contributed by atoms with van der Waals surface area (Å²) in [5.74, 6) is -2.86. The molecule has 3 rings (SSSR count). The zero-order chi connectivity index (χ0) is 16.4. The Balaban J connectivity index is 1.81. The summed E-state index contributed by atoms with van der Waals surface area (Å²) in [6.07, 6.45) is 3.18. The van der Waals surface area contributed by atoms with Gasteiger partial charge in [0, 0.05) is 25.2 Å². The maximum Gasteiger partial charge on any atom is 0.267 e. The lowest BCUT2D eigenvalue weighted by Crippen LogP contribution is -2.34. The Morgan fingerprint density at radius 3 is 3.00 bits per heavy atom. The SMILES string of the molecule is CCc1noc([C@@H]2CC(F)(F)CN2C(=O)Cc2cccnc2)n1. The zero-order valence-electron chi connectivity index (χ0n) is 12.6. The molecule has 23 heavy (non-hydrogen) atoms. The lowest BCUT2D eigenvalue weighted by Gasteiger charge is -2.21. The van der Waals surface area contributed by atoms with Gasteiger partial charge in [0.1, 0.15) is 6.04 Å². The molecule has 0 spiro atoms. The molecule has 0 radical (unpaired) electrons. The second kappa shape index (κ2) is 6.02. The topological polar surface area (TPSA) is 72.1 Å². The highest BCUT2D eigenvalue weighted by Crippen LogP contribution is 2.40. The molecule has 1 fully saturated rings. The van der Waals surface area contributed by atoms with Crippen molar-refractivity contribution in [1.82, 2.24) is 20.0 Å². The number of nitrogens with zero attached hydrogens (tertiary/aromatic N) is 4. The molecule has 8 heteroatoms. The first-order valence-corrected chi connectivity index (χ1v) is 7.37. The summed E-state index contributed by atoms with van der Waals surface area (Å²) in [6.45, 7) is 1.20. The van der Waals surface area contributed by atoms with Gasteiger partial charge in [0.05, 0.1) is 13.0 Å². The average molecular weight is 322 g/mol. The number of aryl methyl sites for hydroxylation is 1. The first-order chi connectivity index (χ1) is 11.0. The molecule has 122 valence electrons. The summed E-state index contributed by atoms with van der Waals surface area (Å²) in [4.78, 5) is 21.6. The quantitative estimate of drug-likeness (QED) is 0.863. The Kier molecular flexibility index (Phi) is 4.06. The van der Waals surface area contributed by atoms with Crippen LogP contribution in [0.25, 0.3) is 0 Å². The molecule has 6 nitrogen and oxygen atoms in total. The molecule has 2 aromatic rings. The standard InChI is InChI=1S/C15H16F2N4O2/c1-2-12-19-14(23-20-12)11-7-15(16,17)9-21(11)13(22)6-10-4-3-5-18-8-10/h3-5,8,11H,2,6-7,9H2,1H3/t11-/m0/s1. The van der Waals surface area contributed by atoms with Gasteiger partial charge >= 0.3 is 0 Å². The number of likely N-dealkylation sites (tertiary alicyclic amines) is 1. The molecule has 0 aromatic carbocycles. The van der Waals surface area contributed by atoms with E-state index in [1.54, 1.807) is 24.5 Å². The van der Waals surface area contributed by atoms with Crippen LogP contribution in [0.5, 0.6) is 0 Å². The summed E-state index contributed by atoms with van der Waals surface area (Å²) in [7, 11) is 0. The van der Waals surface area contributed by atoms with Crippen molar-refractivity contribution < 1.29 is 18.1 Å². The number of carbonyl (C=O) groups excluding carboxylic acids is 1. The number of carbonyl (C=O) groups is 1. The normalized spacial score (nSPS) is 20.0. The number of hydrogen-bond donors (Lipinski definition) is 0. The maximum atomic E-state index is 13.8. The molecule has 0 aliphatic carbocycles. The fraction of sp³-hybridized carbons (Fsp3) is 0.467. The van der Waals surface area contributed by atoms with Crippen molar-refractivity contribution in [3.05, 3.63) is 41.8 Å². The van der Waals surface area contributed by atoms with E-state index in [2.05, 4.69) is 15.1 Å². The Morgan fingerprint density at radius 2 is 2.35 bits per heavy atom. The molecular weight excluding hydrogens is 306 g/mol. The van der Waals surface area contributed by atoms with Crippen LogP contribution in [-0.4, -0.2) is 38.4 Å². The first kappa shape index (κ1) is 15.5. The number of pyridine rings is 1. The second-order valence-corrected chi connectivity index (χ2v) is 5.54. The van der Waals surface area contributed by atoms with Gasteiger partial charge in [0.25, 0.3) is 5.92 Å². The number of aromatic nitrogens is 3. The van der Waals surface area contributed by atoms with Crippen LogP contribution in [0.15, 0.2) is 29.0 Å². The highest BCUT2D eigenvalue weighted by atomic mass is 19.3. The molecule has 0 bridgehead atoms. The van der Waals surface area contributed by atoms with Crippen LogP contribution in [-0.2, 0) is 17.6 Å². The van der Waals surface area contributed by atoms with Crippen LogP contribution >= 0.6 is 0 Å². The molecule has 3 heterocycles. The molecule has 0 unspecified atom stereocenters. The molecule has 1 saturated heterocycles. The predicted molar refractivity (Wildman–Crippen MR) is 75.6 cm³/mol. The highest BCUT2D eigenvalue weighted by molar-refractivity contribution is 5.79. The first-order valence-electron chi connectivity index (χ1n) is 7.37. The van der Waals surface area contributed by atoms with Crippen molar-refractivity contribution in [2.24, 2.45) is 0 Å². The van der Waals surface area contributed by atoms with E-state index in [-0.39, 0.29) is 12.3 Å². The van der Waals surface area contributed by atoms with E-state index in [0.717, 1.165) is 4.90 Å². The summed E-state index contributed by atoms with van der Waals surface area (Å²) >= 11 is 0. The third-order valence-electron chi connectivity index (χ3n) is 3.75. The Bertz CT molecular complexity index is 690. The van der Waals surface area contributed by atoms with Gasteiger partial charge in [-0.05, 0) is 11.6 Å². The lowest BCUT2D eigenvalue weighted by molar-refractivity contribution is -0.133. The van der Waals surface area contributed by atoms with E-state index in [1.165, 1.54) is 0 Å². The molecule has 2 aromatic heterocycles. The van der Waals surface area contributed by atoms with Gasteiger partial charge in [-0.3, -0.25) is 9.78 Å². The minimum absolute atomic E-state index is 0.00912. The molecule has 1 aliphatic heterocycles. The van der Waals surface area contributed by atoms with E-state index in [0.29, 0.717) is 17.8 Å². The van der Waals surface area contributed by atoms with Gasteiger partial charge in [0.2, 0.25) is 11.8 Å². The Hall–Kier alpha value is -2.38. The van der Waals surface area contributed by atoms with Crippen molar-refractivity contribution in [2.45, 2.75) is 38.2 Å². The predicted octanol–water partition coefficient (Wildman–Crippen LogP) is 2.18. The zero-order valence-corrected chi connectivity index (χ0v) is 12.6. The number of rotatable bonds is 4. The number of alkyl halides is 2. The summed E-state index contributed by atoms with van der Waals surface area (Å²) in [5.41, 5.74) is 0.672. The van der Waals surface area contributed by atoms with Crippen molar-refractivity contribution in [3.8, 4) is 0 Å². The molecule has 1 atom stereocenters. The van der Waals surface area contributed by atoms with E-state index >= 15 is 0 Å². The minimum Gasteiger partial charge on any atom is -0.337 e. The third kappa shape index (κ3) is 3.35. The maximum absolute atomic E-state index is 13.8. The monoisotopic (exact) mass is 322 g/mol. The van der Waals surface area contributed by atoms with Gasteiger partial charge in [-0.15, -0.1) is 0 Å². The Labute approximate surface area is 131 Å². The van der Waals surface area contributed by atoms with Gasteiger partial charge in [-0.25, -0.2) is 8.78 Å². The lowest BCUT2D eigenvalue weighted by atomic mass is 10.1. The van der Waals surface area contributed by atoms with E-state index in [4.69, 9.17) is 4.52 Å². The van der Waals surface area contributed by atoms with Crippen molar-refractivity contribution in [3.63, 3.8) is 0 Å². The summed E-state index contributed by atoms with van der Waals surface area (Å²) < 4.78 is 32.7. The molecular formula is C15H16F2N4O2. The van der Waals surface area contributed by atoms with Crippen LogP contribution in [0, 0.1) is 0 Å². The Morgan fingerprint density at radius 1 is 1.52 bits per heavy atom. The highest BCUT2D eigenvalue weighted by Gasteiger charge is 2.49. The summed E-state index contributed by atoms with van der Waals surface area (Å²) in [6, 6.07) is 2.54. The minimum atomic E-state index is -2.96. The van der Waals surface area contributed by atoms with Crippen LogP contribution in [0.1, 0.15) is 36.7 Å². The molecule has 0 N–H and O–H groups in total. The van der Waals surface area contributed by atoms with E-state index in [9.17, 15) is 13.6 Å². The van der Waals surface area contributed by atoms with Gasteiger partial charge in [-0.2, -0.15) is 4.98 Å². The van der Waals surface area contributed by atoms with Crippen LogP contribution < -0.4 is 0 Å². The molecule has 1 aliphatic rings. The number of hydrogen-bond acceptors (Lipinski definition) is 5. The van der Waals surface area contributed by atoms with Crippen LogP contribution in [0.2, 0.25) is 0 Å². The average Bonchev–Trinajstić information content (AvgIpc) is 3.12. The van der Waals surface area contributed by atoms with Crippen molar-refractivity contribution in [2.75, 3.05) is 6.54 Å². The number of amides is 1. The van der Waals surface area contributed by atoms with Crippen molar-refractivity contribution in [1.29, 1.82) is 0 Å². The van der Waals surface area contributed by atoms with Gasteiger partial charge < -0.3 is 9.42 Å². The molecule has 1 amide bonds. The van der Waals surface area contributed by atoms with Crippen LogP contribution in [0.4, 0.5) is 8.78 Å². The van der Waals surface area contributed by atoms with E-state index in [1.807, 2.05) is 6.92 Å². The summed E-state index contributed by atoms with van der Waals surface area (Å²) in [5, 5.41) is 3.73. The molecule has 0 saturated carbocycles. The number of halogens is 2. The third-order valence-corrected chi connectivity index (χ3v) is 3.75. The van der Waals surface area contributed by atoms with Gasteiger partial charge in [0.15, 0.2) is 5.82 Å². The smallest absolute Gasteiger partial charge is 0.267 e. The van der Waals surface area contributed by atoms with Gasteiger partial charge in [-0.1, -0.05) is 18.1 Å². The van der Waals surface area contributed by atoms with Crippen LogP contribution in [0.3, 0.4) is 0 Å². The fourth-order valence-electron chi connectivity index (χ4n) is 2.62. The largest absolute Gasteiger partial charge is 0.337 e. The fourth-order valence-corrected chi connectivity index (χ4v) is 2.62. The van der Waals surface area contributed by atoms with E-state index < -0.39 is 30.8 Å².